The van der Waals surface area contributed by atoms with Crippen LogP contribution in [-0.2, 0) is 23.5 Å². The third kappa shape index (κ3) is 12.9. The maximum atomic E-state index is 15.0. The van der Waals surface area contributed by atoms with E-state index in [2.05, 4.69) is 95.2 Å². The smallest absolute Gasteiger partial charge is 0.399 e. The first-order valence-corrected chi connectivity index (χ1v) is 27.1. The van der Waals surface area contributed by atoms with Crippen LogP contribution in [0.2, 0.25) is 0 Å². The Labute approximate surface area is 463 Å². The second kappa shape index (κ2) is 25.1. The van der Waals surface area contributed by atoms with Crippen LogP contribution in [0.4, 0.5) is 26.3 Å². The topological polar surface area (TPSA) is 157 Å². The number of hydrogen-bond donors (Lipinski definition) is 2. The Kier molecular flexibility index (Phi) is 18.3. The van der Waals surface area contributed by atoms with Crippen molar-refractivity contribution in [1.29, 1.82) is 0 Å². The summed E-state index contributed by atoms with van der Waals surface area (Å²) in [6.45, 7) is 10.4. The van der Waals surface area contributed by atoms with Crippen LogP contribution in [0, 0.1) is 34.9 Å². The van der Waals surface area contributed by atoms with E-state index in [1.54, 1.807) is 46.3 Å². The molecule has 4 aliphatic rings. The number of hydrogen-bond acceptors (Lipinski definition) is 10. The van der Waals surface area contributed by atoms with Crippen LogP contribution in [-0.4, -0.2) is 87.9 Å². The summed E-state index contributed by atoms with van der Waals surface area (Å²) in [4.78, 5) is 0. The summed E-state index contributed by atoms with van der Waals surface area (Å²) in [6, 6.07) is 9.08. The third-order valence-corrected chi connectivity index (χ3v) is 15.3. The first-order chi connectivity index (χ1) is 37.5. The molecular formula is C54H57BBr2F6N10O5. The molecule has 412 valence electrons. The van der Waals surface area contributed by atoms with Gasteiger partial charge < -0.3 is 23.5 Å². The molecule has 9 heterocycles. The van der Waals surface area contributed by atoms with E-state index in [1.807, 2.05) is 17.1 Å². The highest BCUT2D eigenvalue weighted by Crippen LogP contribution is 2.38. The molecule has 0 radical (unpaired) electrons. The molecule has 0 spiro atoms. The lowest BCUT2D eigenvalue weighted by molar-refractivity contribution is -0.0395. The second-order valence-electron chi connectivity index (χ2n) is 19.9. The van der Waals surface area contributed by atoms with E-state index in [-0.39, 0.29) is 68.2 Å². The number of rotatable bonds is 8. The van der Waals surface area contributed by atoms with Gasteiger partial charge in [-0.05, 0) is 129 Å². The Balaban J connectivity index is 0.000000135. The van der Waals surface area contributed by atoms with Gasteiger partial charge in [-0.3, -0.25) is 10.2 Å². The highest BCUT2D eigenvalue weighted by atomic mass is 79.9. The van der Waals surface area contributed by atoms with Gasteiger partial charge >= 0.3 is 7.12 Å². The fourth-order valence-corrected chi connectivity index (χ4v) is 9.58. The second-order valence-corrected chi connectivity index (χ2v) is 21.6. The number of benzene rings is 3. The van der Waals surface area contributed by atoms with Crippen molar-refractivity contribution in [3.8, 4) is 44.5 Å². The predicted octanol–water partition coefficient (Wildman–Crippen LogP) is 13.2. The van der Waals surface area contributed by atoms with Gasteiger partial charge in [0.1, 0.15) is 18.7 Å². The maximum Gasteiger partial charge on any atom is 0.498 e. The Morgan fingerprint density at radius 1 is 0.474 bits per heavy atom. The van der Waals surface area contributed by atoms with Crippen molar-refractivity contribution in [2.75, 3.05) is 19.8 Å². The van der Waals surface area contributed by atoms with E-state index in [9.17, 15) is 26.3 Å². The quantitative estimate of drug-likeness (QED) is 0.0649. The number of halogens is 8. The highest BCUT2D eigenvalue weighted by Gasteiger charge is 2.52. The molecule has 2 N–H and O–H groups in total. The van der Waals surface area contributed by atoms with Crippen molar-refractivity contribution in [2.45, 2.75) is 115 Å². The van der Waals surface area contributed by atoms with Crippen molar-refractivity contribution in [2.24, 2.45) is 0 Å². The number of nitrogens with one attached hydrogen (secondary N) is 2. The fourth-order valence-electron chi connectivity index (χ4n) is 8.97. The monoisotopic (exact) mass is 1210 g/mol. The molecule has 0 aliphatic carbocycles. The molecule has 3 unspecified atom stereocenters. The van der Waals surface area contributed by atoms with Crippen LogP contribution < -0.4 is 5.46 Å². The standard InChI is InChI=1S/C22H24F2N4O2.C14H23BN2O3.C12H8F2N4.C6H2Br2F2/c23-21-17(15-11-25-27(13-15)19-5-1-3-9-29-19)7-8-18(22(21)24)16-12-26-28(14-16)20-6-2-4-10-30-20;1-13(2)14(3,4)20-15(19-13)11-9-16-17(10-11)12-7-5-6-8-18-12;13-11-9(7-3-15-16-4-7)1-2-10(12(11)14)8-5-17-18-6-8;7-3-1-2-4(8)6(10)5(3)9/h7-8,11-14,19-20H,1-6,9-10H2;9-10,12H,5-8H2,1-4H3;1-6H,(H,15,16)(H,17,18);1-2H. The molecule has 0 amide bonds. The molecule has 12 rings (SSSR count). The Bertz CT molecular complexity index is 3070. The molecule has 0 bridgehead atoms. The summed E-state index contributed by atoms with van der Waals surface area (Å²) in [5.41, 5.74) is 3.09. The highest BCUT2D eigenvalue weighted by molar-refractivity contribution is 9.11. The number of ether oxygens (including phenoxy) is 3. The lowest BCUT2D eigenvalue weighted by Gasteiger charge is -2.32. The minimum absolute atomic E-state index is 0.0555. The van der Waals surface area contributed by atoms with E-state index in [0.29, 0.717) is 35.5 Å². The summed E-state index contributed by atoms with van der Waals surface area (Å²) < 4.78 is 118. The normalized spacial score (nSPS) is 19.7. The molecule has 0 saturated carbocycles. The summed E-state index contributed by atoms with van der Waals surface area (Å²) >= 11 is 5.69. The van der Waals surface area contributed by atoms with E-state index in [1.165, 1.54) is 55.5 Å². The average Bonchev–Trinajstić information content (AvgIpc) is 4.42. The van der Waals surface area contributed by atoms with E-state index in [4.69, 9.17) is 23.5 Å². The zero-order valence-corrected chi connectivity index (χ0v) is 46.3. The Hall–Kier alpha value is -5.89. The molecule has 78 heavy (non-hydrogen) atoms. The van der Waals surface area contributed by atoms with Gasteiger partial charge in [0, 0.05) is 107 Å². The minimum atomic E-state index is -0.893. The van der Waals surface area contributed by atoms with Crippen LogP contribution in [0.15, 0.2) is 107 Å². The van der Waals surface area contributed by atoms with Crippen molar-refractivity contribution in [3.05, 3.63) is 142 Å². The first-order valence-electron chi connectivity index (χ1n) is 25.6. The summed E-state index contributed by atoms with van der Waals surface area (Å²) in [5, 5.41) is 25.6. The van der Waals surface area contributed by atoms with Gasteiger partial charge in [0.05, 0.1) is 44.9 Å². The molecule has 5 aromatic heterocycles. The molecule has 3 atom stereocenters. The lowest BCUT2D eigenvalue weighted by atomic mass is 9.82. The number of nitrogens with zero attached hydrogens (tertiary/aromatic N) is 8. The fraction of sp³-hybridized carbons (Fsp3) is 0.389. The minimum Gasteiger partial charge on any atom is -0.399 e. The summed E-state index contributed by atoms with van der Waals surface area (Å²) in [6.07, 6.45) is 25.3. The van der Waals surface area contributed by atoms with Crippen LogP contribution in [0.3, 0.4) is 0 Å². The zero-order chi connectivity index (χ0) is 55.1. The van der Waals surface area contributed by atoms with Gasteiger partial charge in [-0.2, -0.15) is 25.5 Å². The summed E-state index contributed by atoms with van der Waals surface area (Å²) in [5.74, 6) is -5.30. The largest absolute Gasteiger partial charge is 0.498 e. The van der Waals surface area contributed by atoms with Crippen LogP contribution in [0.5, 0.6) is 0 Å². The summed E-state index contributed by atoms with van der Waals surface area (Å²) in [7, 11) is -0.350. The van der Waals surface area contributed by atoms with Gasteiger partial charge in [0.25, 0.3) is 0 Å². The number of aromatic nitrogens is 10. The van der Waals surface area contributed by atoms with Crippen molar-refractivity contribution in [1.82, 2.24) is 49.7 Å². The molecule has 4 aliphatic heterocycles. The van der Waals surface area contributed by atoms with Crippen LogP contribution >= 0.6 is 31.9 Å². The van der Waals surface area contributed by atoms with Crippen LogP contribution in [0.25, 0.3) is 44.5 Å². The maximum absolute atomic E-state index is 15.0. The predicted molar refractivity (Wildman–Crippen MR) is 287 cm³/mol. The molecule has 4 saturated heterocycles. The average molecular weight is 1210 g/mol. The van der Waals surface area contributed by atoms with Gasteiger partial charge in [0.15, 0.2) is 34.9 Å². The number of aromatic amines is 2. The van der Waals surface area contributed by atoms with E-state index >= 15 is 0 Å². The van der Waals surface area contributed by atoms with Gasteiger partial charge in [0.2, 0.25) is 0 Å². The molecular weight excluding hydrogens is 1150 g/mol. The van der Waals surface area contributed by atoms with Crippen molar-refractivity contribution in [3.63, 3.8) is 0 Å². The Morgan fingerprint density at radius 3 is 1.18 bits per heavy atom. The molecule has 8 aromatic rings. The third-order valence-electron chi connectivity index (χ3n) is 14.1. The molecule has 4 fully saturated rings. The molecule has 24 heteroatoms. The van der Waals surface area contributed by atoms with Crippen LogP contribution in [0.1, 0.15) is 104 Å². The number of H-pyrrole nitrogens is 2. The molecule has 15 nitrogen and oxygen atoms in total. The molecule has 3 aromatic carbocycles. The van der Waals surface area contributed by atoms with Gasteiger partial charge in [-0.15, -0.1) is 0 Å². The first kappa shape index (κ1) is 56.8. The van der Waals surface area contributed by atoms with E-state index in [0.717, 1.165) is 63.4 Å². The zero-order valence-electron chi connectivity index (χ0n) is 43.2. The van der Waals surface area contributed by atoms with Crippen molar-refractivity contribution < 1.29 is 49.9 Å². The van der Waals surface area contributed by atoms with Gasteiger partial charge in [-0.1, -0.05) is 24.3 Å². The Morgan fingerprint density at radius 2 is 0.833 bits per heavy atom. The van der Waals surface area contributed by atoms with Crippen molar-refractivity contribution >= 4 is 44.4 Å². The van der Waals surface area contributed by atoms with Gasteiger partial charge in [-0.25, -0.2) is 40.4 Å². The van der Waals surface area contributed by atoms with E-state index < -0.39 is 34.9 Å². The SMILES string of the molecule is CC1(C)OB(c2cnn(C3CCCCO3)c2)OC1(C)C.Fc1c(-c2cn[nH]c2)ccc(-c2cn[nH]c2)c1F.Fc1c(-c2cnn(C3CCCCO3)c2)ccc(-c2cnn(C3CCCCO3)c2)c1F.Fc1c(Br)ccc(Br)c1F. The lowest BCUT2D eigenvalue weighted by Crippen LogP contribution is -2.41.